The summed E-state index contributed by atoms with van der Waals surface area (Å²) in [4.78, 5) is 13.4. The zero-order valence-electron chi connectivity index (χ0n) is 18.7. The van der Waals surface area contributed by atoms with Gasteiger partial charge >= 0.3 is 0 Å². The second-order valence-corrected chi connectivity index (χ2v) is 11.9. The van der Waals surface area contributed by atoms with E-state index in [0.717, 1.165) is 10.7 Å². The van der Waals surface area contributed by atoms with Gasteiger partial charge in [-0.3, -0.25) is 4.79 Å². The van der Waals surface area contributed by atoms with Crippen LogP contribution in [0.3, 0.4) is 0 Å². The van der Waals surface area contributed by atoms with Gasteiger partial charge in [-0.05, 0) is 36.8 Å². The number of amides is 1. The van der Waals surface area contributed by atoms with Crippen LogP contribution < -0.4 is 5.73 Å². The van der Waals surface area contributed by atoms with E-state index < -0.39 is 5.41 Å². The summed E-state index contributed by atoms with van der Waals surface area (Å²) in [5.74, 6) is -0.284. The molecule has 0 saturated carbocycles. The van der Waals surface area contributed by atoms with Gasteiger partial charge in [0.05, 0.1) is 0 Å². The average Bonchev–Trinajstić information content (AvgIpc) is 2.88. The highest BCUT2D eigenvalue weighted by molar-refractivity contribution is 8.00. The van der Waals surface area contributed by atoms with Crippen LogP contribution in [-0.2, 0) is 17.8 Å². The summed E-state index contributed by atoms with van der Waals surface area (Å²) < 4.78 is 2.38. The standard InChI is InChI=1S/C25H31ClN2OS/c1-16-7-12-20-19(13-16)22(30-24(2,3)4)21(14-25(5,6)23(27)29)28(20)15-17-8-10-18(26)11-9-17/h7-13H,14-15H2,1-6H3,(H2,27,29). The lowest BCUT2D eigenvalue weighted by Crippen LogP contribution is -2.34. The largest absolute Gasteiger partial charge is 0.369 e. The third-order valence-corrected chi connectivity index (χ3v) is 6.74. The first-order valence-corrected chi connectivity index (χ1v) is 11.4. The number of carbonyl (C=O) groups excluding carboxylic acids is 1. The third kappa shape index (κ3) is 5.04. The number of nitrogens with two attached hydrogens (primary N) is 1. The van der Waals surface area contributed by atoms with Crippen LogP contribution >= 0.6 is 23.4 Å². The van der Waals surface area contributed by atoms with E-state index in [1.54, 1.807) is 0 Å². The Morgan fingerprint density at radius 3 is 2.27 bits per heavy atom. The number of rotatable bonds is 6. The van der Waals surface area contributed by atoms with Gasteiger partial charge in [0.2, 0.25) is 5.91 Å². The monoisotopic (exact) mass is 442 g/mol. The van der Waals surface area contributed by atoms with E-state index in [0.29, 0.717) is 13.0 Å². The van der Waals surface area contributed by atoms with Gasteiger partial charge in [-0.2, -0.15) is 0 Å². The predicted molar refractivity (Wildman–Crippen MR) is 130 cm³/mol. The van der Waals surface area contributed by atoms with Crippen molar-refractivity contribution in [3.8, 4) is 0 Å². The van der Waals surface area contributed by atoms with E-state index in [1.807, 2.05) is 37.7 Å². The second kappa shape index (κ2) is 8.32. The molecule has 30 heavy (non-hydrogen) atoms. The van der Waals surface area contributed by atoms with Crippen molar-refractivity contribution < 1.29 is 4.79 Å². The third-order valence-electron chi connectivity index (χ3n) is 5.21. The molecular weight excluding hydrogens is 412 g/mol. The molecule has 0 spiro atoms. The van der Waals surface area contributed by atoms with Crippen molar-refractivity contribution in [2.75, 3.05) is 0 Å². The Hall–Kier alpha value is -1.91. The summed E-state index contributed by atoms with van der Waals surface area (Å²) >= 11 is 7.95. The zero-order chi connectivity index (χ0) is 22.3. The van der Waals surface area contributed by atoms with Gasteiger partial charge < -0.3 is 10.3 Å². The highest BCUT2D eigenvalue weighted by Crippen LogP contribution is 2.43. The Kier molecular flexibility index (Phi) is 6.31. The number of primary amides is 1. The predicted octanol–water partition coefficient (Wildman–Crippen LogP) is 6.60. The molecule has 0 aliphatic rings. The molecule has 1 aromatic heterocycles. The molecule has 0 atom stereocenters. The van der Waals surface area contributed by atoms with Gasteiger partial charge in [0, 0.05) is 49.6 Å². The van der Waals surface area contributed by atoms with E-state index in [2.05, 4.69) is 62.6 Å². The Morgan fingerprint density at radius 1 is 1.07 bits per heavy atom. The molecular formula is C25H31ClN2OS. The number of halogens is 1. The lowest BCUT2D eigenvalue weighted by Gasteiger charge is -2.25. The van der Waals surface area contributed by atoms with Crippen molar-refractivity contribution in [3.63, 3.8) is 0 Å². The molecule has 0 saturated heterocycles. The number of benzene rings is 2. The number of carbonyl (C=O) groups is 1. The number of aryl methyl sites for hydroxylation is 1. The SMILES string of the molecule is Cc1ccc2c(c1)c(SC(C)(C)C)c(CC(C)(C)C(N)=O)n2Cc1ccc(Cl)cc1. The summed E-state index contributed by atoms with van der Waals surface area (Å²) in [6.45, 7) is 13.4. The van der Waals surface area contributed by atoms with Crippen molar-refractivity contribution in [3.05, 3.63) is 64.3 Å². The fourth-order valence-corrected chi connectivity index (χ4v) is 4.86. The van der Waals surface area contributed by atoms with E-state index in [9.17, 15) is 4.79 Å². The van der Waals surface area contributed by atoms with E-state index in [-0.39, 0.29) is 10.7 Å². The fourth-order valence-electron chi connectivity index (χ4n) is 3.55. The quantitative estimate of drug-likeness (QED) is 0.437. The molecule has 0 radical (unpaired) electrons. The number of hydrogen-bond acceptors (Lipinski definition) is 2. The van der Waals surface area contributed by atoms with Gasteiger partial charge in [0.15, 0.2) is 0 Å². The van der Waals surface area contributed by atoms with Gasteiger partial charge in [0.1, 0.15) is 0 Å². The Labute approximate surface area is 189 Å². The first-order chi connectivity index (χ1) is 13.9. The molecule has 3 aromatic rings. The van der Waals surface area contributed by atoms with Crippen molar-refractivity contribution in [2.45, 2.75) is 64.2 Å². The highest BCUT2D eigenvalue weighted by Gasteiger charge is 2.31. The van der Waals surface area contributed by atoms with Crippen LogP contribution in [0.15, 0.2) is 47.4 Å². The Morgan fingerprint density at radius 2 is 1.70 bits per heavy atom. The number of nitrogens with zero attached hydrogens (tertiary/aromatic N) is 1. The molecule has 160 valence electrons. The smallest absolute Gasteiger partial charge is 0.223 e. The normalized spacial score (nSPS) is 12.5. The van der Waals surface area contributed by atoms with Crippen LogP contribution in [0.25, 0.3) is 10.9 Å². The lowest BCUT2D eigenvalue weighted by atomic mass is 9.87. The maximum absolute atomic E-state index is 12.2. The van der Waals surface area contributed by atoms with Gasteiger partial charge in [-0.1, -0.05) is 70.0 Å². The number of hydrogen-bond donors (Lipinski definition) is 1. The van der Waals surface area contributed by atoms with Crippen LogP contribution in [-0.4, -0.2) is 15.2 Å². The van der Waals surface area contributed by atoms with Gasteiger partial charge in [-0.25, -0.2) is 0 Å². The molecule has 3 rings (SSSR count). The molecule has 0 unspecified atom stereocenters. The molecule has 3 nitrogen and oxygen atoms in total. The number of aromatic nitrogens is 1. The Balaban J connectivity index is 2.26. The molecule has 0 bridgehead atoms. The van der Waals surface area contributed by atoms with Crippen LogP contribution in [0, 0.1) is 12.3 Å². The summed E-state index contributed by atoms with van der Waals surface area (Å²) in [5, 5.41) is 1.96. The molecule has 1 amide bonds. The Bertz CT molecular complexity index is 1080. The summed E-state index contributed by atoms with van der Waals surface area (Å²) in [7, 11) is 0. The summed E-state index contributed by atoms with van der Waals surface area (Å²) in [5.41, 5.74) is 9.85. The highest BCUT2D eigenvalue weighted by atomic mass is 35.5. The van der Waals surface area contributed by atoms with E-state index >= 15 is 0 Å². The summed E-state index contributed by atoms with van der Waals surface area (Å²) in [6.07, 6.45) is 0.585. The van der Waals surface area contributed by atoms with Crippen molar-refractivity contribution in [1.29, 1.82) is 0 Å². The van der Waals surface area contributed by atoms with Gasteiger partial charge in [-0.15, -0.1) is 11.8 Å². The van der Waals surface area contributed by atoms with E-state index in [1.165, 1.54) is 26.9 Å². The number of thioether (sulfide) groups is 1. The molecule has 2 N–H and O–H groups in total. The van der Waals surface area contributed by atoms with Crippen LogP contribution in [0.2, 0.25) is 5.02 Å². The van der Waals surface area contributed by atoms with Crippen LogP contribution in [0.5, 0.6) is 0 Å². The minimum Gasteiger partial charge on any atom is -0.369 e. The minimum atomic E-state index is -0.644. The second-order valence-electron chi connectivity index (χ2n) is 9.65. The maximum atomic E-state index is 12.2. The first-order valence-electron chi connectivity index (χ1n) is 10.2. The van der Waals surface area contributed by atoms with E-state index in [4.69, 9.17) is 17.3 Å². The number of fused-ring (bicyclic) bond motifs is 1. The molecule has 0 aliphatic carbocycles. The maximum Gasteiger partial charge on any atom is 0.223 e. The minimum absolute atomic E-state index is 0.0365. The van der Waals surface area contributed by atoms with Gasteiger partial charge in [0.25, 0.3) is 0 Å². The van der Waals surface area contributed by atoms with Crippen molar-refractivity contribution in [1.82, 2.24) is 4.57 Å². The molecule has 0 aliphatic heterocycles. The molecule has 0 fully saturated rings. The lowest BCUT2D eigenvalue weighted by molar-refractivity contribution is -0.126. The molecule has 2 aromatic carbocycles. The zero-order valence-corrected chi connectivity index (χ0v) is 20.2. The average molecular weight is 443 g/mol. The van der Waals surface area contributed by atoms with Crippen molar-refractivity contribution >= 4 is 40.2 Å². The first kappa shape index (κ1) is 22.8. The van der Waals surface area contributed by atoms with Crippen LogP contribution in [0.4, 0.5) is 0 Å². The summed E-state index contributed by atoms with van der Waals surface area (Å²) in [6, 6.07) is 14.5. The topological polar surface area (TPSA) is 48.0 Å². The van der Waals surface area contributed by atoms with Crippen LogP contribution in [0.1, 0.15) is 51.4 Å². The fraction of sp³-hybridized carbons (Fsp3) is 0.400. The molecule has 5 heteroatoms. The van der Waals surface area contributed by atoms with Crippen molar-refractivity contribution in [2.24, 2.45) is 11.1 Å². The molecule has 1 heterocycles.